The van der Waals surface area contributed by atoms with Gasteiger partial charge in [0.15, 0.2) is 0 Å². The number of hydrogen-bond acceptors (Lipinski definition) is 4. The normalized spacial score (nSPS) is 11.8. The Morgan fingerprint density at radius 1 is 0.618 bits per heavy atom. The molecule has 3 aromatic carbocycles. The third-order valence-corrected chi connectivity index (χ3v) is 5.00. The lowest BCUT2D eigenvalue weighted by atomic mass is 9.89. The quantitative estimate of drug-likeness (QED) is 0.309. The average Bonchev–Trinajstić information content (AvgIpc) is 2.81. The minimum Gasteiger partial charge on any atom is -0.465 e. The zero-order chi connectivity index (χ0) is 25.3. The number of carbonyl (C=O) groups excluding carboxylic acids is 2. The highest BCUT2D eigenvalue weighted by molar-refractivity contribution is 6.06. The molecule has 0 fully saturated rings. The van der Waals surface area contributed by atoms with Gasteiger partial charge >= 0.3 is 24.3 Å². The van der Waals surface area contributed by atoms with Crippen LogP contribution in [0.15, 0.2) is 60.7 Å². The van der Waals surface area contributed by atoms with Crippen molar-refractivity contribution in [3.8, 4) is 22.3 Å². The summed E-state index contributed by atoms with van der Waals surface area (Å²) in [4.78, 5) is 25.0. The van der Waals surface area contributed by atoms with Gasteiger partial charge in [-0.2, -0.15) is 26.3 Å². The summed E-state index contributed by atoms with van der Waals surface area (Å²) in [6, 6.07) is 10.2. The Morgan fingerprint density at radius 2 is 0.971 bits per heavy atom. The van der Waals surface area contributed by atoms with E-state index in [1.54, 1.807) is 0 Å². The maximum Gasteiger partial charge on any atom is 0.416 e. The number of ether oxygens (including phenoxy) is 2. The van der Waals surface area contributed by atoms with E-state index in [2.05, 4.69) is 0 Å². The fraction of sp³-hybridized carbons (Fsp3) is 0.167. The van der Waals surface area contributed by atoms with Crippen LogP contribution < -0.4 is 0 Å². The molecule has 34 heavy (non-hydrogen) atoms. The van der Waals surface area contributed by atoms with Crippen molar-refractivity contribution in [3.63, 3.8) is 0 Å². The standard InChI is InChI=1S/C24H16F6O4/c1-33-21(31)15-11-18(13-3-7-16(8-4-13)23(25,26)27)20(22(32)34-2)19(12-15)14-5-9-17(10-6-14)24(28,29)30/h3-12H,1-2H3. The van der Waals surface area contributed by atoms with Crippen molar-refractivity contribution in [2.24, 2.45) is 0 Å². The van der Waals surface area contributed by atoms with E-state index in [9.17, 15) is 35.9 Å². The molecular formula is C24H16F6O4. The topological polar surface area (TPSA) is 52.6 Å². The van der Waals surface area contributed by atoms with E-state index >= 15 is 0 Å². The molecule has 0 saturated heterocycles. The molecule has 0 aliphatic heterocycles. The summed E-state index contributed by atoms with van der Waals surface area (Å²) in [5, 5.41) is 0. The first kappa shape index (κ1) is 24.8. The van der Waals surface area contributed by atoms with Crippen molar-refractivity contribution in [1.82, 2.24) is 0 Å². The molecule has 0 aromatic heterocycles. The van der Waals surface area contributed by atoms with Gasteiger partial charge < -0.3 is 9.47 Å². The van der Waals surface area contributed by atoms with Gasteiger partial charge in [0.05, 0.1) is 36.5 Å². The van der Waals surface area contributed by atoms with Crippen molar-refractivity contribution >= 4 is 11.9 Å². The van der Waals surface area contributed by atoms with Crippen LogP contribution in [0.25, 0.3) is 22.3 Å². The minimum atomic E-state index is -4.59. The van der Waals surface area contributed by atoms with Gasteiger partial charge in [0.2, 0.25) is 0 Å². The van der Waals surface area contributed by atoms with E-state index < -0.39 is 35.4 Å². The largest absolute Gasteiger partial charge is 0.465 e. The van der Waals surface area contributed by atoms with Gasteiger partial charge in [0.25, 0.3) is 0 Å². The number of esters is 2. The highest BCUT2D eigenvalue weighted by Crippen LogP contribution is 2.38. The van der Waals surface area contributed by atoms with Crippen LogP contribution in [0.5, 0.6) is 0 Å². The van der Waals surface area contributed by atoms with Gasteiger partial charge in [-0.1, -0.05) is 24.3 Å². The summed E-state index contributed by atoms with van der Waals surface area (Å²) in [6.07, 6.45) is -9.19. The molecule has 178 valence electrons. The Bertz CT molecular complexity index is 1130. The summed E-state index contributed by atoms with van der Waals surface area (Å²) in [5.74, 6) is -1.72. The molecule has 0 bridgehead atoms. The number of carbonyl (C=O) groups is 2. The Labute approximate surface area is 189 Å². The minimum absolute atomic E-state index is 0.0402. The Balaban J connectivity index is 2.30. The molecule has 0 aliphatic rings. The number of alkyl halides is 6. The van der Waals surface area contributed by atoms with E-state index in [4.69, 9.17) is 9.47 Å². The van der Waals surface area contributed by atoms with Crippen LogP contribution in [-0.2, 0) is 21.8 Å². The molecule has 0 spiro atoms. The number of halogens is 6. The van der Waals surface area contributed by atoms with Crippen LogP contribution >= 0.6 is 0 Å². The molecule has 0 radical (unpaired) electrons. The van der Waals surface area contributed by atoms with Crippen LogP contribution in [0.1, 0.15) is 31.8 Å². The van der Waals surface area contributed by atoms with Crippen LogP contribution in [-0.4, -0.2) is 26.2 Å². The lowest BCUT2D eigenvalue weighted by Crippen LogP contribution is -2.10. The second-order valence-electron chi connectivity index (χ2n) is 7.08. The monoisotopic (exact) mass is 482 g/mol. The van der Waals surface area contributed by atoms with Crippen LogP contribution in [0, 0.1) is 0 Å². The molecule has 3 rings (SSSR count). The molecule has 0 aliphatic carbocycles. The van der Waals surface area contributed by atoms with Crippen LogP contribution in [0.3, 0.4) is 0 Å². The van der Waals surface area contributed by atoms with Crippen molar-refractivity contribution in [3.05, 3.63) is 82.9 Å². The lowest BCUT2D eigenvalue weighted by Gasteiger charge is -2.17. The molecule has 0 unspecified atom stereocenters. The smallest absolute Gasteiger partial charge is 0.416 e. The van der Waals surface area contributed by atoms with E-state index in [0.29, 0.717) is 0 Å². The van der Waals surface area contributed by atoms with E-state index in [-0.39, 0.29) is 33.4 Å². The summed E-state index contributed by atoms with van der Waals surface area (Å²) in [5.41, 5.74) is -1.70. The van der Waals surface area contributed by atoms with Gasteiger partial charge in [-0.05, 0) is 58.7 Å². The first-order valence-electron chi connectivity index (χ1n) is 9.56. The molecule has 0 atom stereocenters. The SMILES string of the molecule is COC(=O)c1cc(-c2ccc(C(F)(F)F)cc2)c(C(=O)OC)c(-c2ccc(C(F)(F)F)cc2)c1. The van der Waals surface area contributed by atoms with Gasteiger partial charge in [0, 0.05) is 0 Å². The highest BCUT2D eigenvalue weighted by Gasteiger charge is 2.32. The van der Waals surface area contributed by atoms with E-state index in [1.165, 1.54) is 12.1 Å². The number of hydrogen-bond donors (Lipinski definition) is 0. The maximum absolute atomic E-state index is 13.0. The van der Waals surface area contributed by atoms with Gasteiger partial charge in [-0.25, -0.2) is 9.59 Å². The molecular weight excluding hydrogens is 466 g/mol. The van der Waals surface area contributed by atoms with Gasteiger partial charge in [-0.15, -0.1) is 0 Å². The predicted octanol–water partition coefficient (Wildman–Crippen LogP) is 6.63. The third-order valence-electron chi connectivity index (χ3n) is 5.00. The number of methoxy groups -OCH3 is 2. The van der Waals surface area contributed by atoms with Crippen LogP contribution in [0.2, 0.25) is 0 Å². The fourth-order valence-corrected chi connectivity index (χ4v) is 3.33. The second-order valence-corrected chi connectivity index (χ2v) is 7.08. The molecule has 0 heterocycles. The van der Waals surface area contributed by atoms with Crippen molar-refractivity contribution in [2.45, 2.75) is 12.4 Å². The lowest BCUT2D eigenvalue weighted by molar-refractivity contribution is -0.138. The molecule has 4 nitrogen and oxygen atoms in total. The summed E-state index contributed by atoms with van der Waals surface area (Å²) in [7, 11) is 2.18. The van der Waals surface area contributed by atoms with Crippen molar-refractivity contribution in [1.29, 1.82) is 0 Å². The van der Waals surface area contributed by atoms with Crippen molar-refractivity contribution in [2.75, 3.05) is 14.2 Å². The summed E-state index contributed by atoms with van der Waals surface area (Å²) < 4.78 is 87.5. The molecule has 3 aromatic rings. The fourth-order valence-electron chi connectivity index (χ4n) is 3.33. The van der Waals surface area contributed by atoms with E-state index in [1.807, 2.05) is 0 Å². The second kappa shape index (κ2) is 9.20. The first-order valence-corrected chi connectivity index (χ1v) is 9.56. The highest BCUT2D eigenvalue weighted by atomic mass is 19.4. The summed E-state index contributed by atoms with van der Waals surface area (Å²) in [6.45, 7) is 0. The van der Waals surface area contributed by atoms with Gasteiger partial charge in [0.1, 0.15) is 0 Å². The first-order chi connectivity index (χ1) is 15.9. The van der Waals surface area contributed by atoms with Crippen molar-refractivity contribution < 1.29 is 45.4 Å². The third kappa shape index (κ3) is 5.05. The molecule has 10 heteroatoms. The zero-order valence-corrected chi connectivity index (χ0v) is 17.7. The van der Waals surface area contributed by atoms with Crippen LogP contribution in [0.4, 0.5) is 26.3 Å². The Hall–Kier alpha value is -3.82. The maximum atomic E-state index is 13.0. The number of benzene rings is 3. The predicted molar refractivity (Wildman–Crippen MR) is 110 cm³/mol. The molecule has 0 N–H and O–H groups in total. The molecule has 0 saturated carbocycles. The summed E-state index contributed by atoms with van der Waals surface area (Å²) >= 11 is 0. The van der Waals surface area contributed by atoms with Gasteiger partial charge in [-0.3, -0.25) is 0 Å². The molecule has 0 amide bonds. The number of rotatable bonds is 4. The van der Waals surface area contributed by atoms with E-state index in [0.717, 1.165) is 62.8 Å². The Kier molecular flexibility index (Phi) is 6.72. The Morgan fingerprint density at radius 3 is 1.26 bits per heavy atom. The zero-order valence-electron chi connectivity index (χ0n) is 17.7. The average molecular weight is 482 g/mol.